The number of aliphatic hydroxyl groups is 1. The lowest BCUT2D eigenvalue weighted by Crippen LogP contribution is -2.36. The monoisotopic (exact) mass is 321 g/mol. The van der Waals surface area contributed by atoms with Crippen LogP contribution in [0, 0.1) is 0 Å². The molecule has 1 fully saturated rings. The average Bonchev–Trinajstić information content (AvgIpc) is 2.75. The van der Waals surface area contributed by atoms with Gasteiger partial charge in [-0.15, -0.1) is 0 Å². The van der Waals surface area contributed by atoms with Crippen LogP contribution in [0.15, 0.2) is 23.0 Å². The number of hydrogen-bond donors (Lipinski definition) is 3. The van der Waals surface area contributed by atoms with E-state index < -0.39 is 6.10 Å². The highest BCUT2D eigenvalue weighted by atomic mass is 16.3. The highest BCUT2D eigenvalue weighted by molar-refractivity contribution is 5.79. The molecule has 126 valence electrons. The molecule has 2 rings (SSSR count). The maximum atomic E-state index is 11.8. The molecule has 3 N–H and O–H groups in total. The summed E-state index contributed by atoms with van der Waals surface area (Å²) in [6.07, 6.45) is 2.75. The summed E-state index contributed by atoms with van der Waals surface area (Å²) >= 11 is 0. The lowest BCUT2D eigenvalue weighted by molar-refractivity contribution is -0.131. The van der Waals surface area contributed by atoms with E-state index in [1.807, 2.05) is 0 Å². The van der Waals surface area contributed by atoms with Crippen molar-refractivity contribution in [3.05, 3.63) is 34.2 Å². The van der Waals surface area contributed by atoms with Crippen molar-refractivity contribution in [2.75, 3.05) is 19.6 Å². The zero-order valence-electron chi connectivity index (χ0n) is 13.1. The molecule has 1 aliphatic rings. The van der Waals surface area contributed by atoms with Gasteiger partial charge in [-0.2, -0.15) is 0 Å². The molecule has 23 heavy (non-hydrogen) atoms. The number of nitrogens with one attached hydrogen (secondary N) is 2. The van der Waals surface area contributed by atoms with Gasteiger partial charge in [0, 0.05) is 44.2 Å². The fraction of sp³-hybridized carbons (Fsp3) is 0.562. The molecule has 0 aliphatic carbocycles. The quantitative estimate of drug-likeness (QED) is 0.702. The van der Waals surface area contributed by atoms with Crippen LogP contribution < -0.4 is 10.9 Å². The number of aliphatic hydroxyl groups excluding tert-OH is 1. The van der Waals surface area contributed by atoms with Gasteiger partial charge in [-0.3, -0.25) is 14.4 Å². The third-order valence-electron chi connectivity index (χ3n) is 3.92. The topological polar surface area (TPSA) is 102 Å². The molecule has 1 saturated heterocycles. The fourth-order valence-electron chi connectivity index (χ4n) is 2.58. The Bertz CT molecular complexity index is 599. The molecule has 2 amide bonds. The minimum absolute atomic E-state index is 0.0206. The van der Waals surface area contributed by atoms with Gasteiger partial charge >= 0.3 is 0 Å². The zero-order valence-corrected chi connectivity index (χ0v) is 13.1. The molecule has 1 atom stereocenters. The Labute approximate surface area is 134 Å². The second-order valence-corrected chi connectivity index (χ2v) is 5.73. The molecule has 1 unspecified atom stereocenters. The Morgan fingerprint density at radius 2 is 2.13 bits per heavy atom. The van der Waals surface area contributed by atoms with E-state index in [0.717, 1.165) is 19.3 Å². The predicted molar refractivity (Wildman–Crippen MR) is 84.7 cm³/mol. The summed E-state index contributed by atoms with van der Waals surface area (Å²) in [5, 5.41) is 12.6. The summed E-state index contributed by atoms with van der Waals surface area (Å²) in [5.74, 6) is -0.114. The summed E-state index contributed by atoms with van der Waals surface area (Å²) < 4.78 is 0. The van der Waals surface area contributed by atoms with Gasteiger partial charge in [-0.1, -0.05) is 12.5 Å². The molecule has 0 aromatic carbocycles. The number of likely N-dealkylation sites (tertiary alicyclic amines) is 1. The summed E-state index contributed by atoms with van der Waals surface area (Å²) in [5.41, 5.74) is 0.0630. The van der Waals surface area contributed by atoms with Gasteiger partial charge in [-0.25, -0.2) is 0 Å². The van der Waals surface area contributed by atoms with Crippen molar-refractivity contribution in [3.8, 4) is 0 Å². The van der Waals surface area contributed by atoms with Crippen LogP contribution in [0.3, 0.4) is 0 Å². The Hall–Kier alpha value is -2.15. The first-order valence-electron chi connectivity index (χ1n) is 7.98. The third-order valence-corrected chi connectivity index (χ3v) is 3.92. The van der Waals surface area contributed by atoms with Crippen LogP contribution in [0.25, 0.3) is 0 Å². The largest absolute Gasteiger partial charge is 0.385 e. The minimum Gasteiger partial charge on any atom is -0.385 e. The third kappa shape index (κ3) is 5.52. The van der Waals surface area contributed by atoms with Crippen LogP contribution in [-0.2, 0) is 9.59 Å². The molecular weight excluding hydrogens is 298 g/mol. The number of carbonyl (C=O) groups is 2. The number of aromatic nitrogens is 1. The van der Waals surface area contributed by atoms with Crippen LogP contribution in [0.4, 0.5) is 0 Å². The average molecular weight is 321 g/mol. The van der Waals surface area contributed by atoms with Gasteiger partial charge < -0.3 is 20.3 Å². The summed E-state index contributed by atoms with van der Waals surface area (Å²) in [7, 11) is 0. The fourth-order valence-corrected chi connectivity index (χ4v) is 2.58. The molecule has 1 aromatic rings. The maximum Gasteiger partial charge on any atom is 0.248 e. The molecule has 0 saturated carbocycles. The number of rotatable bonds is 6. The Kier molecular flexibility index (Phi) is 6.34. The Balaban J connectivity index is 1.74. The predicted octanol–water partition coefficient (Wildman–Crippen LogP) is 0.317. The number of nitrogens with zero attached hydrogens (tertiary/aromatic N) is 1. The summed E-state index contributed by atoms with van der Waals surface area (Å²) in [6, 6.07) is 4.49. The first kappa shape index (κ1) is 17.2. The lowest BCUT2D eigenvalue weighted by atomic mass is 10.2. The molecule has 1 aliphatic heterocycles. The SMILES string of the molecule is O=C(CCN1CCCCCC1=O)NCC(O)c1cccc(=O)[nH]1. The van der Waals surface area contributed by atoms with Crippen molar-refractivity contribution in [1.29, 1.82) is 0 Å². The van der Waals surface area contributed by atoms with E-state index in [-0.39, 0.29) is 30.3 Å². The number of H-pyrrole nitrogens is 1. The standard InChI is InChI=1S/C16H23N3O4/c20-13(12-5-4-6-15(22)18-12)11-17-14(21)8-10-19-9-3-1-2-7-16(19)23/h4-6,13,20H,1-3,7-11H2,(H,17,21)(H,18,22). The second-order valence-electron chi connectivity index (χ2n) is 5.73. The molecular formula is C16H23N3O4. The molecule has 1 aromatic heterocycles. The molecule has 2 heterocycles. The Morgan fingerprint density at radius 1 is 1.30 bits per heavy atom. The van der Waals surface area contributed by atoms with Crippen molar-refractivity contribution in [3.63, 3.8) is 0 Å². The van der Waals surface area contributed by atoms with Crippen molar-refractivity contribution >= 4 is 11.8 Å². The van der Waals surface area contributed by atoms with E-state index in [9.17, 15) is 19.5 Å². The molecule has 0 radical (unpaired) electrons. The molecule has 7 heteroatoms. The molecule has 0 spiro atoms. The molecule has 7 nitrogen and oxygen atoms in total. The van der Waals surface area contributed by atoms with Crippen LogP contribution in [0.5, 0.6) is 0 Å². The van der Waals surface area contributed by atoms with Crippen LogP contribution >= 0.6 is 0 Å². The normalized spacial score (nSPS) is 16.7. The first-order valence-corrected chi connectivity index (χ1v) is 7.98. The van der Waals surface area contributed by atoms with Gasteiger partial charge in [0.1, 0.15) is 6.10 Å². The van der Waals surface area contributed by atoms with E-state index in [1.165, 1.54) is 6.07 Å². The van der Waals surface area contributed by atoms with Gasteiger partial charge in [0.05, 0.1) is 0 Å². The highest BCUT2D eigenvalue weighted by Gasteiger charge is 2.17. The van der Waals surface area contributed by atoms with Crippen molar-refractivity contribution < 1.29 is 14.7 Å². The smallest absolute Gasteiger partial charge is 0.248 e. The minimum atomic E-state index is -0.965. The van der Waals surface area contributed by atoms with Crippen molar-refractivity contribution in [2.45, 2.75) is 38.2 Å². The van der Waals surface area contributed by atoms with Gasteiger partial charge in [-0.05, 0) is 18.9 Å². The lowest BCUT2D eigenvalue weighted by Gasteiger charge is -2.20. The van der Waals surface area contributed by atoms with Crippen molar-refractivity contribution in [1.82, 2.24) is 15.2 Å². The van der Waals surface area contributed by atoms with E-state index in [4.69, 9.17) is 0 Å². The van der Waals surface area contributed by atoms with E-state index in [0.29, 0.717) is 25.2 Å². The summed E-state index contributed by atoms with van der Waals surface area (Å²) in [6.45, 7) is 1.13. The maximum absolute atomic E-state index is 11.8. The number of amides is 2. The number of pyridine rings is 1. The second kappa shape index (κ2) is 8.47. The van der Waals surface area contributed by atoms with Gasteiger partial charge in [0.15, 0.2) is 0 Å². The van der Waals surface area contributed by atoms with Gasteiger partial charge in [0.25, 0.3) is 0 Å². The zero-order chi connectivity index (χ0) is 16.7. The first-order chi connectivity index (χ1) is 11.1. The Morgan fingerprint density at radius 3 is 2.91 bits per heavy atom. The van der Waals surface area contributed by atoms with Crippen LogP contribution in [0.2, 0.25) is 0 Å². The van der Waals surface area contributed by atoms with Gasteiger partial charge in [0.2, 0.25) is 17.4 Å². The van der Waals surface area contributed by atoms with E-state index in [1.54, 1.807) is 17.0 Å². The van der Waals surface area contributed by atoms with Crippen molar-refractivity contribution in [2.24, 2.45) is 0 Å². The van der Waals surface area contributed by atoms with Crippen LogP contribution in [0.1, 0.15) is 43.9 Å². The summed E-state index contributed by atoms with van der Waals surface area (Å²) in [4.78, 5) is 39.1. The van der Waals surface area contributed by atoms with E-state index >= 15 is 0 Å². The van der Waals surface area contributed by atoms with Crippen LogP contribution in [-0.4, -0.2) is 46.4 Å². The van der Waals surface area contributed by atoms with E-state index in [2.05, 4.69) is 10.3 Å². The number of carbonyl (C=O) groups excluding carboxylic acids is 2. The number of aromatic amines is 1. The molecule has 0 bridgehead atoms. The highest BCUT2D eigenvalue weighted by Crippen LogP contribution is 2.11. The number of hydrogen-bond acceptors (Lipinski definition) is 4.